The smallest absolute Gasteiger partial charge is 0.0746 e. The SMILES string of the molecule is Brc1ccc2[nH]c3c4c(ccc3c2c1)-c1ccccc1C41c2ccccc2-c2c(-c3ccc(N(C4=CC=C(c5ccccc5)CC4)c4ccccc4C4=C=C=CC=C4)cc3)cccc21. The third-order valence-corrected chi connectivity index (χ3v) is 14.4. The van der Waals surface area contributed by atoms with Gasteiger partial charge in [-0.25, -0.2) is 0 Å². The van der Waals surface area contributed by atoms with Gasteiger partial charge in [-0.2, -0.15) is 0 Å². The fraction of sp³-hybridized carbons (Fsp3) is 0.0492. The van der Waals surface area contributed by atoms with Crippen molar-refractivity contribution in [3.63, 3.8) is 0 Å². The first kappa shape index (κ1) is 37.0. The number of aromatic amines is 1. The first-order valence-electron chi connectivity index (χ1n) is 22.1. The van der Waals surface area contributed by atoms with E-state index in [-0.39, 0.29) is 0 Å². The number of nitrogens with one attached hydrogen (secondary N) is 1. The van der Waals surface area contributed by atoms with Crippen molar-refractivity contribution in [3.05, 3.63) is 261 Å². The van der Waals surface area contributed by atoms with E-state index in [2.05, 4.69) is 231 Å². The second-order valence-electron chi connectivity index (χ2n) is 17.1. The molecule has 9 aromatic rings. The lowest BCUT2D eigenvalue weighted by atomic mass is 9.70. The highest BCUT2D eigenvalue weighted by Crippen LogP contribution is 2.65. The molecule has 0 aliphatic heterocycles. The topological polar surface area (TPSA) is 19.0 Å². The summed E-state index contributed by atoms with van der Waals surface area (Å²) >= 11 is 3.76. The fourth-order valence-electron chi connectivity index (χ4n) is 11.2. The number of halogens is 1. The van der Waals surface area contributed by atoms with Crippen LogP contribution in [0.4, 0.5) is 11.4 Å². The van der Waals surface area contributed by atoms with Crippen LogP contribution in [0.1, 0.15) is 46.2 Å². The second kappa shape index (κ2) is 14.5. The molecule has 1 spiro atoms. The molecule has 0 bridgehead atoms. The lowest BCUT2D eigenvalue weighted by molar-refractivity contribution is 0.799. The maximum Gasteiger partial charge on any atom is 0.0746 e. The van der Waals surface area contributed by atoms with E-state index < -0.39 is 5.41 Å². The normalized spacial score (nSPS) is 16.4. The highest BCUT2D eigenvalue weighted by Gasteiger charge is 2.53. The van der Waals surface area contributed by atoms with Crippen LogP contribution in [-0.4, -0.2) is 4.98 Å². The van der Waals surface area contributed by atoms with Gasteiger partial charge >= 0.3 is 0 Å². The van der Waals surface area contributed by atoms with Gasteiger partial charge in [-0.1, -0.05) is 179 Å². The van der Waals surface area contributed by atoms with Crippen LogP contribution >= 0.6 is 15.9 Å². The number of rotatable bonds is 6. The molecule has 1 heterocycles. The molecule has 0 saturated heterocycles. The summed E-state index contributed by atoms with van der Waals surface area (Å²) in [6, 6.07) is 65.2. The predicted molar refractivity (Wildman–Crippen MR) is 270 cm³/mol. The molecule has 0 saturated carbocycles. The maximum atomic E-state index is 3.94. The van der Waals surface area contributed by atoms with Gasteiger partial charge in [-0.15, -0.1) is 0 Å². The van der Waals surface area contributed by atoms with Crippen LogP contribution in [0.3, 0.4) is 0 Å². The lowest BCUT2D eigenvalue weighted by Crippen LogP contribution is -2.26. The van der Waals surface area contributed by atoms with Crippen molar-refractivity contribution in [2.75, 3.05) is 4.90 Å². The zero-order valence-electron chi connectivity index (χ0n) is 34.9. The van der Waals surface area contributed by atoms with Crippen LogP contribution in [-0.2, 0) is 5.41 Å². The molecule has 1 aromatic heterocycles. The number of hydrogen-bond donors (Lipinski definition) is 1. The van der Waals surface area contributed by atoms with E-state index in [9.17, 15) is 0 Å². The largest absolute Gasteiger partial charge is 0.354 e. The molecule has 2 nitrogen and oxygen atoms in total. The summed E-state index contributed by atoms with van der Waals surface area (Å²) < 4.78 is 1.08. The highest BCUT2D eigenvalue weighted by atomic mass is 79.9. The zero-order valence-corrected chi connectivity index (χ0v) is 36.5. The van der Waals surface area contributed by atoms with Crippen molar-refractivity contribution in [1.82, 2.24) is 4.98 Å². The first-order chi connectivity index (χ1) is 31.7. The molecule has 1 N–H and O–H groups in total. The Balaban J connectivity index is 0.992. The Labute approximate surface area is 381 Å². The number of hydrogen-bond acceptors (Lipinski definition) is 1. The van der Waals surface area contributed by atoms with E-state index in [0.717, 1.165) is 45.3 Å². The molecule has 0 amide bonds. The molecule has 1 atom stereocenters. The first-order valence-corrected chi connectivity index (χ1v) is 22.9. The van der Waals surface area contributed by atoms with Crippen LogP contribution in [0, 0.1) is 0 Å². The molecule has 1 unspecified atom stereocenters. The van der Waals surface area contributed by atoms with Gasteiger partial charge in [-0.05, 0) is 129 Å². The van der Waals surface area contributed by atoms with Gasteiger partial charge in [0.1, 0.15) is 0 Å². The summed E-state index contributed by atoms with van der Waals surface area (Å²) in [5.41, 5.74) is 29.7. The molecule has 0 fully saturated rings. The zero-order chi connectivity index (χ0) is 42.4. The number of benzene rings is 8. The Kier molecular flexibility index (Phi) is 8.35. The molecule has 3 heteroatoms. The van der Waals surface area contributed by atoms with Gasteiger partial charge in [-0.3, -0.25) is 0 Å². The minimum atomic E-state index is -0.503. The number of fused-ring (bicyclic) bond motifs is 14. The van der Waals surface area contributed by atoms with Crippen molar-refractivity contribution in [2.45, 2.75) is 18.3 Å². The summed E-state index contributed by atoms with van der Waals surface area (Å²) in [5, 5.41) is 2.47. The Morgan fingerprint density at radius 3 is 2.09 bits per heavy atom. The maximum absolute atomic E-state index is 3.94. The van der Waals surface area contributed by atoms with Crippen molar-refractivity contribution < 1.29 is 0 Å². The van der Waals surface area contributed by atoms with Gasteiger partial charge in [0.2, 0.25) is 0 Å². The van der Waals surface area contributed by atoms with Crippen LogP contribution in [0.15, 0.2) is 228 Å². The monoisotopic (exact) mass is 878 g/mol. The average Bonchev–Trinajstić information content (AvgIpc) is 3.99. The standard InChI is InChI=1S/C61H39BrN2/c62-43-30-37-56-52(38-43)50-36-35-49-48-19-7-10-22-53(48)61(59(49)60(50)63-56)54-23-11-8-20-51(54)58-47(21-13-24-55(58)61)42-28-33-45(34-29-42)64(44-31-26-40(27-32-44)39-14-3-1-4-15-39)57-25-12-9-18-46(57)41-16-5-2-6-17-41/h1-5,7-16,18-26,28-31,33-38,63H,27,32H2. The summed E-state index contributed by atoms with van der Waals surface area (Å²) in [5.74, 6) is 0. The Morgan fingerprint density at radius 1 is 0.562 bits per heavy atom. The molecule has 4 aliphatic rings. The van der Waals surface area contributed by atoms with Gasteiger partial charge in [0, 0.05) is 48.8 Å². The van der Waals surface area contributed by atoms with Gasteiger partial charge in [0.15, 0.2) is 0 Å². The van der Waals surface area contributed by atoms with Gasteiger partial charge in [0.25, 0.3) is 0 Å². The Morgan fingerprint density at radius 2 is 1.30 bits per heavy atom. The van der Waals surface area contributed by atoms with Gasteiger partial charge < -0.3 is 9.88 Å². The molecule has 64 heavy (non-hydrogen) atoms. The van der Waals surface area contributed by atoms with Crippen molar-refractivity contribution in [1.29, 1.82) is 0 Å². The lowest BCUT2D eigenvalue weighted by Gasteiger charge is -2.32. The van der Waals surface area contributed by atoms with E-state index in [1.807, 2.05) is 12.2 Å². The summed E-state index contributed by atoms with van der Waals surface area (Å²) in [6.45, 7) is 0. The van der Waals surface area contributed by atoms with Crippen LogP contribution in [0.25, 0.3) is 66.3 Å². The van der Waals surface area contributed by atoms with Crippen LogP contribution in [0.5, 0.6) is 0 Å². The molecule has 300 valence electrons. The second-order valence-corrected chi connectivity index (χ2v) is 18.0. The van der Waals surface area contributed by atoms with E-state index in [0.29, 0.717) is 0 Å². The van der Waals surface area contributed by atoms with E-state index in [4.69, 9.17) is 0 Å². The molecular formula is C61H39BrN2. The molecule has 13 rings (SSSR count). The fourth-order valence-corrected chi connectivity index (χ4v) is 11.6. The molecular weight excluding hydrogens is 841 g/mol. The Bertz CT molecular complexity index is 3640. The minimum Gasteiger partial charge on any atom is -0.354 e. The number of para-hydroxylation sites is 1. The third-order valence-electron chi connectivity index (χ3n) is 13.9. The minimum absolute atomic E-state index is 0.503. The molecule has 8 aromatic carbocycles. The van der Waals surface area contributed by atoms with E-state index >= 15 is 0 Å². The highest BCUT2D eigenvalue weighted by molar-refractivity contribution is 9.10. The summed E-state index contributed by atoms with van der Waals surface area (Å²) in [4.78, 5) is 6.40. The summed E-state index contributed by atoms with van der Waals surface area (Å²) in [7, 11) is 0. The van der Waals surface area contributed by atoms with Gasteiger partial charge in [0.05, 0.1) is 16.6 Å². The average molecular weight is 880 g/mol. The van der Waals surface area contributed by atoms with Crippen molar-refractivity contribution >= 4 is 60.3 Å². The quantitative estimate of drug-likeness (QED) is 0.165. The van der Waals surface area contributed by atoms with Crippen molar-refractivity contribution in [3.8, 4) is 33.4 Å². The number of aromatic nitrogens is 1. The molecule has 0 radical (unpaired) electrons. The third kappa shape index (κ3) is 5.40. The van der Waals surface area contributed by atoms with Crippen molar-refractivity contribution in [2.24, 2.45) is 0 Å². The number of nitrogens with zero attached hydrogens (tertiary/aromatic N) is 1. The molecule has 4 aliphatic carbocycles. The predicted octanol–water partition coefficient (Wildman–Crippen LogP) is 16.3. The van der Waals surface area contributed by atoms with E-state index in [1.54, 1.807) is 0 Å². The Hall–Kier alpha value is -7.64. The number of allylic oxidation sites excluding steroid dienone is 8. The number of H-pyrrole nitrogens is 1. The number of anilines is 2. The van der Waals surface area contributed by atoms with Crippen LogP contribution < -0.4 is 4.90 Å². The van der Waals surface area contributed by atoms with E-state index in [1.165, 1.54) is 88.8 Å². The van der Waals surface area contributed by atoms with Crippen LogP contribution in [0.2, 0.25) is 0 Å². The summed E-state index contributed by atoms with van der Waals surface area (Å²) in [6.07, 6.45) is 12.6.